The number of benzene rings is 1. The van der Waals surface area contributed by atoms with Crippen molar-refractivity contribution in [2.75, 3.05) is 26.2 Å². The van der Waals surface area contributed by atoms with E-state index in [4.69, 9.17) is 4.74 Å². The number of carboxylic acids is 1. The number of nitrogens with zero attached hydrogens (tertiary/aromatic N) is 1. The highest BCUT2D eigenvalue weighted by Crippen LogP contribution is 2.48. The average Bonchev–Trinajstić information content (AvgIpc) is 3.14. The molecule has 2 aliphatic rings. The maximum Gasteiger partial charge on any atom is 0.311 e. The number of nitrogens with one attached hydrogen (secondary N) is 1. The number of rotatable bonds is 8. The Kier molecular flexibility index (Phi) is 6.05. The Morgan fingerprint density at radius 1 is 1.33 bits per heavy atom. The zero-order valence-corrected chi connectivity index (χ0v) is 16.2. The lowest BCUT2D eigenvalue weighted by molar-refractivity contribution is -0.149. The van der Waals surface area contributed by atoms with Crippen molar-refractivity contribution < 1.29 is 19.4 Å². The molecule has 1 aliphatic carbocycles. The van der Waals surface area contributed by atoms with Crippen molar-refractivity contribution in [1.29, 1.82) is 0 Å². The Hall–Kier alpha value is -2.08. The molecule has 27 heavy (non-hydrogen) atoms. The van der Waals surface area contributed by atoms with E-state index < -0.39 is 11.4 Å². The third kappa shape index (κ3) is 4.61. The molecule has 0 spiro atoms. The summed E-state index contributed by atoms with van der Waals surface area (Å²) in [6.45, 7) is 6.07. The monoisotopic (exact) mass is 374 g/mol. The zero-order valence-electron chi connectivity index (χ0n) is 16.2. The second-order valence-corrected chi connectivity index (χ2v) is 8.13. The molecule has 1 saturated heterocycles. The van der Waals surface area contributed by atoms with Crippen molar-refractivity contribution in [3.05, 3.63) is 29.8 Å². The van der Waals surface area contributed by atoms with Crippen molar-refractivity contribution in [1.82, 2.24) is 10.2 Å². The summed E-state index contributed by atoms with van der Waals surface area (Å²) in [4.78, 5) is 26.0. The number of aliphatic carboxylic acids is 1. The van der Waals surface area contributed by atoms with E-state index in [-0.39, 0.29) is 24.5 Å². The highest BCUT2D eigenvalue weighted by atomic mass is 16.5. The summed E-state index contributed by atoms with van der Waals surface area (Å²) in [7, 11) is 0. The van der Waals surface area contributed by atoms with E-state index in [0.717, 1.165) is 43.5 Å². The molecule has 148 valence electrons. The lowest BCUT2D eigenvalue weighted by Gasteiger charge is -2.23. The molecule has 0 unspecified atom stereocenters. The molecule has 0 bridgehead atoms. The number of fused-ring (bicyclic) bond motifs is 1. The topological polar surface area (TPSA) is 78.9 Å². The summed E-state index contributed by atoms with van der Waals surface area (Å²) in [6, 6.07) is 7.93. The second kappa shape index (κ2) is 8.30. The summed E-state index contributed by atoms with van der Waals surface area (Å²) in [5.74, 6) is 0.312. The number of carboxylic acid groups (broad SMARTS) is 1. The number of hydrogen-bond acceptors (Lipinski definition) is 4. The average molecular weight is 374 g/mol. The van der Waals surface area contributed by atoms with Crippen LogP contribution >= 0.6 is 0 Å². The Morgan fingerprint density at radius 2 is 2.07 bits per heavy atom. The molecule has 1 amide bonds. The van der Waals surface area contributed by atoms with Gasteiger partial charge >= 0.3 is 5.97 Å². The van der Waals surface area contributed by atoms with E-state index in [1.165, 1.54) is 0 Å². The van der Waals surface area contributed by atoms with E-state index in [9.17, 15) is 14.7 Å². The molecule has 0 radical (unpaired) electrons. The second-order valence-electron chi connectivity index (χ2n) is 8.13. The molecule has 6 heteroatoms. The molecule has 1 heterocycles. The summed E-state index contributed by atoms with van der Waals surface area (Å²) >= 11 is 0. The van der Waals surface area contributed by atoms with Crippen LogP contribution in [0.3, 0.4) is 0 Å². The molecular weight excluding hydrogens is 344 g/mol. The third-order valence-electron chi connectivity index (χ3n) is 5.77. The van der Waals surface area contributed by atoms with Crippen LogP contribution in [0.15, 0.2) is 24.3 Å². The maximum atomic E-state index is 12.2. The van der Waals surface area contributed by atoms with Crippen LogP contribution in [0.2, 0.25) is 0 Å². The SMILES string of the molecule is CC(C)Oc1ccc(CCNC(=O)CN2C[C@@H]3CCC[C@@]3(C(=O)O)C2)cc1. The van der Waals surface area contributed by atoms with Crippen molar-refractivity contribution in [2.24, 2.45) is 11.3 Å². The van der Waals surface area contributed by atoms with Gasteiger partial charge in [-0.25, -0.2) is 0 Å². The first-order valence-corrected chi connectivity index (χ1v) is 9.87. The predicted molar refractivity (Wildman–Crippen MR) is 103 cm³/mol. The molecule has 1 saturated carbocycles. The normalized spacial score (nSPS) is 24.8. The Labute approximate surface area is 160 Å². The molecule has 6 nitrogen and oxygen atoms in total. The Morgan fingerprint density at radius 3 is 2.70 bits per heavy atom. The fourth-order valence-electron chi connectivity index (χ4n) is 4.48. The minimum atomic E-state index is -0.696. The third-order valence-corrected chi connectivity index (χ3v) is 5.77. The summed E-state index contributed by atoms with van der Waals surface area (Å²) in [5, 5.41) is 12.6. The first-order valence-electron chi connectivity index (χ1n) is 9.87. The quantitative estimate of drug-likeness (QED) is 0.730. The highest BCUT2D eigenvalue weighted by molar-refractivity contribution is 5.79. The van der Waals surface area contributed by atoms with Gasteiger partial charge in [-0.05, 0) is 56.7 Å². The van der Waals surface area contributed by atoms with E-state index in [2.05, 4.69) is 5.32 Å². The van der Waals surface area contributed by atoms with Gasteiger partial charge in [0.15, 0.2) is 0 Å². The smallest absolute Gasteiger partial charge is 0.311 e. The fraction of sp³-hybridized carbons (Fsp3) is 0.619. The largest absolute Gasteiger partial charge is 0.491 e. The van der Waals surface area contributed by atoms with E-state index in [1.807, 2.05) is 43.0 Å². The molecule has 1 aromatic carbocycles. The van der Waals surface area contributed by atoms with Crippen LogP contribution < -0.4 is 10.1 Å². The fourth-order valence-corrected chi connectivity index (χ4v) is 4.48. The molecule has 2 fully saturated rings. The first-order chi connectivity index (χ1) is 12.9. The molecule has 1 aliphatic heterocycles. The number of amides is 1. The lowest BCUT2D eigenvalue weighted by Crippen LogP contribution is -2.39. The van der Waals surface area contributed by atoms with E-state index >= 15 is 0 Å². The molecule has 1 aromatic rings. The van der Waals surface area contributed by atoms with E-state index in [1.54, 1.807) is 0 Å². The van der Waals surface area contributed by atoms with Crippen LogP contribution in [0.1, 0.15) is 38.7 Å². The zero-order chi connectivity index (χ0) is 19.4. The van der Waals surface area contributed by atoms with E-state index in [0.29, 0.717) is 13.1 Å². The standard InChI is InChI=1S/C21H30N2O4/c1-15(2)27-18-7-5-16(6-8-18)9-11-22-19(24)13-23-12-17-4-3-10-21(17,14-23)20(25)26/h5-8,15,17H,3-4,9-14H2,1-2H3,(H,22,24)(H,25,26)/t17-,21+/m0/s1. The van der Waals surface area contributed by atoms with Gasteiger partial charge in [-0.3, -0.25) is 14.5 Å². The number of hydrogen-bond donors (Lipinski definition) is 2. The minimum Gasteiger partial charge on any atom is -0.491 e. The van der Waals surface area contributed by atoms with Gasteiger partial charge in [0.1, 0.15) is 5.75 Å². The van der Waals surface area contributed by atoms with Crippen molar-refractivity contribution >= 4 is 11.9 Å². The van der Waals surface area contributed by atoms with Gasteiger partial charge < -0.3 is 15.2 Å². The molecule has 2 atom stereocenters. The molecule has 0 aromatic heterocycles. The molecule has 3 rings (SSSR count). The maximum absolute atomic E-state index is 12.2. The van der Waals surface area contributed by atoms with Gasteiger partial charge in [0, 0.05) is 19.6 Å². The predicted octanol–water partition coefficient (Wildman–Crippen LogP) is 2.32. The number of carbonyl (C=O) groups is 2. The van der Waals surface area contributed by atoms with Gasteiger partial charge in [-0.1, -0.05) is 18.6 Å². The number of ether oxygens (including phenoxy) is 1. The minimum absolute atomic E-state index is 0.0322. The van der Waals surface area contributed by atoms with Gasteiger partial charge in [0.25, 0.3) is 0 Å². The van der Waals surface area contributed by atoms with Gasteiger partial charge in [-0.15, -0.1) is 0 Å². The van der Waals surface area contributed by atoms with Crippen LogP contribution in [0.25, 0.3) is 0 Å². The summed E-state index contributed by atoms with van der Waals surface area (Å²) in [6.07, 6.45) is 3.59. The summed E-state index contributed by atoms with van der Waals surface area (Å²) in [5.41, 5.74) is 0.520. The Bertz CT molecular complexity index is 673. The number of likely N-dealkylation sites (tertiary alicyclic amines) is 1. The summed E-state index contributed by atoms with van der Waals surface area (Å²) < 4.78 is 5.63. The highest BCUT2D eigenvalue weighted by Gasteiger charge is 2.54. The molecular formula is C21H30N2O4. The van der Waals surface area contributed by atoms with Crippen LogP contribution in [-0.2, 0) is 16.0 Å². The van der Waals surface area contributed by atoms with Crippen LogP contribution in [0.5, 0.6) is 5.75 Å². The van der Waals surface area contributed by atoms with Gasteiger partial charge in [-0.2, -0.15) is 0 Å². The van der Waals surface area contributed by atoms with Crippen molar-refractivity contribution in [3.8, 4) is 5.75 Å². The first kappa shape index (κ1) is 19.7. The van der Waals surface area contributed by atoms with Crippen LogP contribution in [0, 0.1) is 11.3 Å². The van der Waals surface area contributed by atoms with Gasteiger partial charge in [0.2, 0.25) is 5.91 Å². The van der Waals surface area contributed by atoms with Crippen LogP contribution in [-0.4, -0.2) is 54.2 Å². The van der Waals surface area contributed by atoms with Crippen LogP contribution in [0.4, 0.5) is 0 Å². The Balaban J connectivity index is 1.41. The van der Waals surface area contributed by atoms with Gasteiger partial charge in [0.05, 0.1) is 18.1 Å². The van der Waals surface area contributed by atoms with Crippen molar-refractivity contribution in [3.63, 3.8) is 0 Å². The lowest BCUT2D eigenvalue weighted by atomic mass is 9.81. The number of carbonyl (C=O) groups excluding carboxylic acids is 1. The van der Waals surface area contributed by atoms with Crippen molar-refractivity contribution in [2.45, 2.75) is 45.6 Å². The molecule has 2 N–H and O–H groups in total.